The Kier molecular flexibility index (Phi) is 7.12. The van der Waals surface area contributed by atoms with Gasteiger partial charge in [-0.2, -0.15) is 0 Å². The number of hydrogen-bond donors (Lipinski definition) is 3. The van der Waals surface area contributed by atoms with E-state index in [1.165, 1.54) is 12.1 Å². The van der Waals surface area contributed by atoms with Crippen LogP contribution in [0.2, 0.25) is 0 Å². The first kappa shape index (κ1) is 21.1. The van der Waals surface area contributed by atoms with Gasteiger partial charge in [0.2, 0.25) is 10.0 Å². The van der Waals surface area contributed by atoms with Gasteiger partial charge in [0.05, 0.1) is 10.4 Å². The number of benzene rings is 2. The molecule has 4 N–H and O–H groups in total. The van der Waals surface area contributed by atoms with Crippen LogP contribution < -0.4 is 15.8 Å². The van der Waals surface area contributed by atoms with Crippen molar-refractivity contribution in [2.45, 2.75) is 43.7 Å². The minimum atomic E-state index is -3.73. The first-order valence-corrected chi connectivity index (χ1v) is 10.5. The van der Waals surface area contributed by atoms with Gasteiger partial charge in [0.15, 0.2) is 0 Å². The summed E-state index contributed by atoms with van der Waals surface area (Å²) < 4.78 is 27.7. The fourth-order valence-electron chi connectivity index (χ4n) is 2.74. The third-order valence-electron chi connectivity index (χ3n) is 4.84. The second-order valence-corrected chi connectivity index (χ2v) is 8.25. The molecule has 0 saturated carbocycles. The van der Waals surface area contributed by atoms with Crippen molar-refractivity contribution in [1.82, 2.24) is 10.0 Å². The summed E-state index contributed by atoms with van der Waals surface area (Å²) in [7, 11) is -3.73. The molecule has 0 radical (unpaired) electrons. The van der Waals surface area contributed by atoms with Crippen LogP contribution >= 0.6 is 0 Å². The number of carbonyl (C=O) groups excluding carboxylic acids is 1. The number of hydrogen-bond acceptors (Lipinski definition) is 4. The Morgan fingerprint density at radius 2 is 1.70 bits per heavy atom. The Hall–Kier alpha value is -2.22. The second-order valence-electron chi connectivity index (χ2n) is 6.48. The Morgan fingerprint density at radius 1 is 1.04 bits per heavy atom. The average Bonchev–Trinajstić information content (AvgIpc) is 2.71. The summed E-state index contributed by atoms with van der Waals surface area (Å²) in [4.78, 5) is 12.7. The normalized spacial score (nSPS) is 12.0. The van der Waals surface area contributed by atoms with Gasteiger partial charge in [-0.1, -0.05) is 50.2 Å². The topological polar surface area (TPSA) is 101 Å². The first-order valence-electron chi connectivity index (χ1n) is 9.02. The number of nitrogens with one attached hydrogen (secondary N) is 2. The maximum Gasteiger partial charge on any atom is 0.251 e. The van der Waals surface area contributed by atoms with Crippen molar-refractivity contribution < 1.29 is 13.2 Å². The summed E-state index contributed by atoms with van der Waals surface area (Å²) in [6, 6.07) is 15.3. The Morgan fingerprint density at radius 3 is 2.30 bits per heavy atom. The number of carbonyl (C=O) groups is 1. The van der Waals surface area contributed by atoms with E-state index in [0.29, 0.717) is 19.4 Å². The van der Waals surface area contributed by atoms with E-state index in [4.69, 9.17) is 5.73 Å². The smallest absolute Gasteiger partial charge is 0.251 e. The quantitative estimate of drug-likeness (QED) is 0.613. The molecule has 27 heavy (non-hydrogen) atoms. The van der Waals surface area contributed by atoms with Crippen molar-refractivity contribution in [3.8, 4) is 0 Å². The van der Waals surface area contributed by atoms with Gasteiger partial charge >= 0.3 is 0 Å². The molecular weight excluding hydrogens is 362 g/mol. The lowest BCUT2D eigenvalue weighted by molar-refractivity contribution is 0.0895. The van der Waals surface area contributed by atoms with E-state index < -0.39 is 15.6 Å². The predicted molar refractivity (Wildman–Crippen MR) is 107 cm³/mol. The van der Waals surface area contributed by atoms with Crippen molar-refractivity contribution in [3.05, 3.63) is 65.7 Å². The Labute approximate surface area is 161 Å². The lowest BCUT2D eigenvalue weighted by Crippen LogP contribution is -2.52. The molecule has 0 unspecified atom stereocenters. The van der Waals surface area contributed by atoms with Crippen molar-refractivity contribution >= 4 is 15.9 Å². The number of rotatable bonds is 9. The summed E-state index contributed by atoms with van der Waals surface area (Å²) in [5, 5.41) is 2.95. The van der Waals surface area contributed by atoms with E-state index >= 15 is 0 Å². The van der Waals surface area contributed by atoms with Crippen LogP contribution in [0, 0.1) is 0 Å². The van der Waals surface area contributed by atoms with Gasteiger partial charge in [-0.25, -0.2) is 13.1 Å². The van der Waals surface area contributed by atoms with Crippen molar-refractivity contribution in [2.75, 3.05) is 6.54 Å². The molecule has 0 bridgehead atoms. The first-order chi connectivity index (χ1) is 12.9. The fourth-order valence-corrected chi connectivity index (χ4v) is 3.80. The molecule has 0 heterocycles. The van der Waals surface area contributed by atoms with Gasteiger partial charge in [0, 0.05) is 18.7 Å². The molecule has 2 rings (SSSR count). The largest absolute Gasteiger partial charge is 0.345 e. The predicted octanol–water partition coefficient (Wildman–Crippen LogP) is 2.41. The van der Waals surface area contributed by atoms with Gasteiger partial charge < -0.3 is 11.1 Å². The van der Waals surface area contributed by atoms with Crippen molar-refractivity contribution in [2.24, 2.45) is 5.73 Å². The summed E-state index contributed by atoms with van der Waals surface area (Å²) in [6.45, 7) is 4.43. The molecule has 0 atom stereocenters. The third-order valence-corrected chi connectivity index (χ3v) is 6.24. The second kappa shape index (κ2) is 9.12. The minimum absolute atomic E-state index is 0.0532. The third kappa shape index (κ3) is 5.38. The fraction of sp³-hybridized carbons (Fsp3) is 0.350. The lowest BCUT2D eigenvalue weighted by Gasteiger charge is -2.31. The molecule has 2 aromatic rings. The highest BCUT2D eigenvalue weighted by molar-refractivity contribution is 7.89. The maximum absolute atomic E-state index is 12.6. The number of sulfonamides is 1. The van der Waals surface area contributed by atoms with E-state index in [1.807, 2.05) is 44.2 Å². The molecular formula is C20H27N3O3S. The summed E-state index contributed by atoms with van der Waals surface area (Å²) in [5.41, 5.74) is 6.48. The van der Waals surface area contributed by atoms with Crippen LogP contribution in [0.15, 0.2) is 59.5 Å². The molecule has 2 aromatic carbocycles. The van der Waals surface area contributed by atoms with Crippen LogP contribution in [0.1, 0.15) is 42.6 Å². The zero-order valence-corrected chi connectivity index (χ0v) is 16.6. The molecule has 0 saturated heterocycles. The van der Waals surface area contributed by atoms with E-state index in [1.54, 1.807) is 12.1 Å². The lowest BCUT2D eigenvalue weighted by atomic mass is 9.92. The summed E-state index contributed by atoms with van der Waals surface area (Å²) in [5.74, 6) is -0.329. The molecule has 7 heteroatoms. The highest BCUT2D eigenvalue weighted by atomic mass is 32.2. The summed E-state index contributed by atoms with van der Waals surface area (Å²) in [6.07, 6.45) is 1.39. The minimum Gasteiger partial charge on any atom is -0.345 e. The number of nitrogens with two attached hydrogens (primary N) is 1. The van der Waals surface area contributed by atoms with Crippen LogP contribution in [-0.2, 0) is 16.6 Å². The van der Waals surface area contributed by atoms with Crippen LogP contribution in [-0.4, -0.2) is 26.4 Å². The molecule has 0 aliphatic heterocycles. The van der Waals surface area contributed by atoms with E-state index in [0.717, 1.165) is 5.56 Å². The standard InChI is InChI=1S/C20H27N3O3S/c1-3-20(4-2,15-21)23-19(24)17-11-8-12-18(13-17)27(25,26)22-14-16-9-6-5-7-10-16/h5-13,22H,3-4,14-15,21H2,1-2H3,(H,23,24). The van der Waals surface area contributed by atoms with Gasteiger partial charge in [-0.3, -0.25) is 4.79 Å². The molecule has 0 fully saturated rings. The van der Waals surface area contributed by atoms with Crippen LogP contribution in [0.5, 0.6) is 0 Å². The van der Waals surface area contributed by atoms with Crippen molar-refractivity contribution in [1.29, 1.82) is 0 Å². The number of amides is 1. The molecule has 0 spiro atoms. The monoisotopic (exact) mass is 389 g/mol. The zero-order valence-electron chi connectivity index (χ0n) is 15.7. The van der Waals surface area contributed by atoms with E-state index in [2.05, 4.69) is 10.0 Å². The maximum atomic E-state index is 12.6. The van der Waals surface area contributed by atoms with E-state index in [-0.39, 0.29) is 22.9 Å². The highest BCUT2D eigenvalue weighted by Crippen LogP contribution is 2.17. The van der Waals surface area contributed by atoms with Crippen molar-refractivity contribution in [3.63, 3.8) is 0 Å². The molecule has 0 aliphatic rings. The highest BCUT2D eigenvalue weighted by Gasteiger charge is 2.27. The van der Waals surface area contributed by atoms with Gasteiger partial charge in [0.25, 0.3) is 5.91 Å². The van der Waals surface area contributed by atoms with Gasteiger partial charge in [-0.15, -0.1) is 0 Å². The zero-order chi connectivity index (χ0) is 19.9. The summed E-state index contributed by atoms with van der Waals surface area (Å²) >= 11 is 0. The molecule has 1 amide bonds. The van der Waals surface area contributed by atoms with Crippen LogP contribution in [0.3, 0.4) is 0 Å². The Bertz CT molecular complexity index is 855. The molecule has 146 valence electrons. The average molecular weight is 390 g/mol. The van der Waals surface area contributed by atoms with Gasteiger partial charge in [0.1, 0.15) is 0 Å². The molecule has 0 aromatic heterocycles. The SMILES string of the molecule is CCC(CC)(CN)NC(=O)c1cccc(S(=O)(=O)NCc2ccccc2)c1. The van der Waals surface area contributed by atoms with Crippen LogP contribution in [0.25, 0.3) is 0 Å². The van der Waals surface area contributed by atoms with Crippen LogP contribution in [0.4, 0.5) is 0 Å². The Balaban J connectivity index is 2.17. The molecule has 0 aliphatic carbocycles. The van der Waals surface area contributed by atoms with Gasteiger partial charge in [-0.05, 0) is 36.6 Å². The molecule has 6 nitrogen and oxygen atoms in total. The van der Waals surface area contributed by atoms with E-state index in [9.17, 15) is 13.2 Å².